The third-order valence-electron chi connectivity index (χ3n) is 3.08. The maximum Gasteiger partial charge on any atom is 0.0859 e. The van der Waals surface area contributed by atoms with E-state index in [9.17, 15) is 0 Å². The van der Waals surface area contributed by atoms with Crippen molar-refractivity contribution in [1.82, 2.24) is 10.3 Å². The summed E-state index contributed by atoms with van der Waals surface area (Å²) in [6, 6.07) is 7.03. The molecule has 1 aliphatic rings. The Hall–Kier alpha value is -0.930. The van der Waals surface area contributed by atoms with Gasteiger partial charge in [0.1, 0.15) is 0 Å². The lowest BCUT2D eigenvalue weighted by Crippen LogP contribution is -2.26. The number of fused-ring (bicyclic) bond motifs is 1. The Bertz CT molecular complexity index is 457. The smallest absolute Gasteiger partial charge is 0.0859 e. The van der Waals surface area contributed by atoms with Crippen LogP contribution >= 0.6 is 11.3 Å². The van der Waals surface area contributed by atoms with Gasteiger partial charge >= 0.3 is 0 Å². The van der Waals surface area contributed by atoms with Crippen molar-refractivity contribution in [3.05, 3.63) is 29.3 Å². The van der Waals surface area contributed by atoms with Gasteiger partial charge in [0, 0.05) is 6.04 Å². The van der Waals surface area contributed by atoms with E-state index in [0.29, 0.717) is 6.04 Å². The minimum absolute atomic E-state index is 0.518. The minimum atomic E-state index is 0.518. The van der Waals surface area contributed by atoms with Crippen molar-refractivity contribution in [2.75, 3.05) is 6.54 Å². The van der Waals surface area contributed by atoms with Crippen LogP contribution in [-0.2, 0) is 0 Å². The highest BCUT2D eigenvalue weighted by Gasteiger charge is 2.17. The zero-order valence-electron chi connectivity index (χ0n) is 8.57. The molecular weight excluding hydrogens is 204 g/mol. The molecule has 15 heavy (non-hydrogen) atoms. The van der Waals surface area contributed by atoms with Crippen molar-refractivity contribution >= 4 is 21.6 Å². The van der Waals surface area contributed by atoms with E-state index in [4.69, 9.17) is 0 Å². The number of nitrogens with zero attached hydrogens (tertiary/aromatic N) is 1. The maximum atomic E-state index is 4.47. The number of rotatable bonds is 1. The molecule has 1 aliphatic heterocycles. The van der Waals surface area contributed by atoms with Gasteiger partial charge in [-0.2, -0.15) is 0 Å². The number of thiazole rings is 1. The summed E-state index contributed by atoms with van der Waals surface area (Å²) in [5, 5.41) is 3.58. The third-order valence-corrected chi connectivity index (χ3v) is 3.87. The number of hydrogen-bond donors (Lipinski definition) is 1. The summed E-state index contributed by atoms with van der Waals surface area (Å²) in [6.07, 6.45) is 3.89. The first-order valence-electron chi connectivity index (χ1n) is 5.50. The van der Waals surface area contributed by atoms with E-state index < -0.39 is 0 Å². The fourth-order valence-electron chi connectivity index (χ4n) is 2.31. The van der Waals surface area contributed by atoms with Crippen LogP contribution in [0.25, 0.3) is 10.2 Å². The molecule has 1 fully saturated rings. The highest BCUT2D eigenvalue weighted by atomic mass is 32.1. The topological polar surface area (TPSA) is 24.9 Å². The molecule has 2 nitrogen and oxygen atoms in total. The summed E-state index contributed by atoms with van der Waals surface area (Å²) in [5.74, 6) is 0. The van der Waals surface area contributed by atoms with Crippen molar-refractivity contribution in [3.8, 4) is 0 Å². The average molecular weight is 218 g/mol. The Morgan fingerprint density at radius 1 is 1.33 bits per heavy atom. The first-order chi connectivity index (χ1) is 7.45. The van der Waals surface area contributed by atoms with Crippen LogP contribution in [0.1, 0.15) is 30.9 Å². The number of para-hydroxylation sites is 1. The number of benzene rings is 1. The molecule has 1 saturated heterocycles. The normalized spacial score (nSPS) is 22.0. The summed E-state index contributed by atoms with van der Waals surface area (Å²) in [6.45, 7) is 1.14. The second kappa shape index (κ2) is 3.91. The minimum Gasteiger partial charge on any atom is -0.310 e. The van der Waals surface area contributed by atoms with Crippen molar-refractivity contribution in [3.63, 3.8) is 0 Å². The van der Waals surface area contributed by atoms with Crippen LogP contribution in [0, 0.1) is 0 Å². The molecule has 1 aromatic carbocycles. The van der Waals surface area contributed by atoms with Gasteiger partial charge in [-0.3, -0.25) is 0 Å². The number of nitrogens with one attached hydrogen (secondary N) is 1. The molecule has 3 heteroatoms. The fourth-order valence-corrected chi connectivity index (χ4v) is 3.02. The summed E-state index contributed by atoms with van der Waals surface area (Å²) in [7, 11) is 0. The van der Waals surface area contributed by atoms with Crippen LogP contribution in [0.3, 0.4) is 0 Å². The van der Waals surface area contributed by atoms with E-state index in [1.54, 1.807) is 11.3 Å². The molecule has 2 heterocycles. The molecule has 0 spiro atoms. The quantitative estimate of drug-likeness (QED) is 0.795. The first-order valence-corrected chi connectivity index (χ1v) is 6.38. The van der Waals surface area contributed by atoms with Gasteiger partial charge in [-0.25, -0.2) is 4.98 Å². The van der Waals surface area contributed by atoms with Crippen molar-refractivity contribution in [2.24, 2.45) is 0 Å². The van der Waals surface area contributed by atoms with E-state index >= 15 is 0 Å². The van der Waals surface area contributed by atoms with Crippen molar-refractivity contribution in [1.29, 1.82) is 0 Å². The second-order valence-electron chi connectivity index (χ2n) is 4.05. The van der Waals surface area contributed by atoms with Crippen molar-refractivity contribution in [2.45, 2.75) is 25.3 Å². The highest BCUT2D eigenvalue weighted by molar-refractivity contribution is 7.16. The van der Waals surface area contributed by atoms with Gasteiger partial charge in [0.05, 0.1) is 15.7 Å². The summed E-state index contributed by atoms with van der Waals surface area (Å²) in [5.41, 5.74) is 4.52. The molecule has 1 aromatic heterocycles. The Kier molecular flexibility index (Phi) is 2.43. The molecular formula is C12H14N2S. The molecule has 3 rings (SSSR count). The molecule has 1 atom stereocenters. The zero-order valence-corrected chi connectivity index (χ0v) is 9.39. The Morgan fingerprint density at radius 3 is 3.20 bits per heavy atom. The molecule has 1 N–H and O–H groups in total. The summed E-state index contributed by atoms with van der Waals surface area (Å²) in [4.78, 5) is 4.47. The van der Waals surface area contributed by atoms with Crippen LogP contribution < -0.4 is 5.32 Å². The Balaban J connectivity index is 2.05. The number of aromatic nitrogens is 1. The zero-order chi connectivity index (χ0) is 10.1. The number of hydrogen-bond acceptors (Lipinski definition) is 3. The fraction of sp³-hybridized carbons (Fsp3) is 0.417. The van der Waals surface area contributed by atoms with Crippen LogP contribution in [0.15, 0.2) is 23.7 Å². The lowest BCUT2D eigenvalue weighted by molar-refractivity contribution is 0.414. The Labute approximate surface area is 93.3 Å². The largest absolute Gasteiger partial charge is 0.310 e. The molecule has 0 saturated carbocycles. The average Bonchev–Trinajstić information content (AvgIpc) is 2.78. The van der Waals surface area contributed by atoms with Crippen LogP contribution in [0.5, 0.6) is 0 Å². The third kappa shape index (κ3) is 1.66. The molecule has 0 bridgehead atoms. The van der Waals surface area contributed by atoms with Gasteiger partial charge < -0.3 is 5.32 Å². The van der Waals surface area contributed by atoms with Gasteiger partial charge in [0.15, 0.2) is 0 Å². The molecule has 2 aromatic rings. The SMILES string of the molecule is c1cc(C2CCCCN2)c2ncsc2c1. The second-order valence-corrected chi connectivity index (χ2v) is 4.94. The number of piperidine rings is 1. The lowest BCUT2D eigenvalue weighted by atomic mass is 9.97. The van der Waals surface area contributed by atoms with E-state index in [0.717, 1.165) is 6.54 Å². The summed E-state index contributed by atoms with van der Waals surface area (Å²) < 4.78 is 1.31. The standard InChI is InChI=1S/C12H14N2S/c1-2-7-13-10(5-1)9-4-3-6-11-12(9)14-8-15-11/h3-4,6,8,10,13H,1-2,5,7H2. The maximum absolute atomic E-state index is 4.47. The Morgan fingerprint density at radius 2 is 2.33 bits per heavy atom. The molecule has 78 valence electrons. The van der Waals surface area contributed by atoms with Gasteiger partial charge in [-0.15, -0.1) is 11.3 Å². The van der Waals surface area contributed by atoms with Crippen LogP contribution in [0.4, 0.5) is 0 Å². The molecule has 0 amide bonds. The molecule has 0 aliphatic carbocycles. The van der Waals surface area contributed by atoms with E-state index in [1.807, 2.05) is 5.51 Å². The highest BCUT2D eigenvalue weighted by Crippen LogP contribution is 2.29. The molecule has 1 unspecified atom stereocenters. The van der Waals surface area contributed by atoms with Gasteiger partial charge in [0.2, 0.25) is 0 Å². The predicted molar refractivity (Wildman–Crippen MR) is 64.2 cm³/mol. The van der Waals surface area contributed by atoms with Crippen LogP contribution in [-0.4, -0.2) is 11.5 Å². The van der Waals surface area contributed by atoms with Gasteiger partial charge in [-0.05, 0) is 31.0 Å². The van der Waals surface area contributed by atoms with Crippen molar-refractivity contribution < 1.29 is 0 Å². The first kappa shape index (κ1) is 9.31. The van der Waals surface area contributed by atoms with Gasteiger partial charge in [-0.1, -0.05) is 18.6 Å². The molecule has 0 radical (unpaired) electrons. The van der Waals surface area contributed by atoms with E-state index in [-0.39, 0.29) is 0 Å². The van der Waals surface area contributed by atoms with E-state index in [1.165, 1.54) is 35.0 Å². The van der Waals surface area contributed by atoms with E-state index in [2.05, 4.69) is 28.5 Å². The lowest BCUT2D eigenvalue weighted by Gasteiger charge is -2.23. The van der Waals surface area contributed by atoms with Gasteiger partial charge in [0.25, 0.3) is 0 Å². The monoisotopic (exact) mass is 218 g/mol. The van der Waals surface area contributed by atoms with Crippen LogP contribution in [0.2, 0.25) is 0 Å². The predicted octanol–water partition coefficient (Wildman–Crippen LogP) is 3.11. The summed E-state index contributed by atoms with van der Waals surface area (Å²) >= 11 is 1.73.